The Balaban J connectivity index is 1.41. The Kier molecular flexibility index (Phi) is 3.42. The second-order valence-corrected chi connectivity index (χ2v) is 6.36. The van der Waals surface area contributed by atoms with Crippen molar-refractivity contribution >= 4 is 5.91 Å². The number of aliphatic hydroxyl groups excluding tert-OH is 1. The standard InChI is InChI=1S/C17H16F2N2O3/c18-17(19)14(10-4-2-1-3-5-10)15(17)16(23)21-7-11(8-21)13-6-12(9-22)24-20-13/h1-6,11,14-15,22H,7-9H2/t14-,15+/m1/s1. The minimum atomic E-state index is -2.98. The van der Waals surface area contributed by atoms with Crippen molar-refractivity contribution in [3.05, 3.63) is 53.4 Å². The van der Waals surface area contributed by atoms with Crippen molar-refractivity contribution in [3.8, 4) is 0 Å². The second-order valence-electron chi connectivity index (χ2n) is 6.36. The number of benzene rings is 1. The predicted octanol–water partition coefficient (Wildman–Crippen LogP) is 2.14. The van der Waals surface area contributed by atoms with Gasteiger partial charge in [0.15, 0.2) is 5.76 Å². The highest BCUT2D eigenvalue weighted by Crippen LogP contribution is 2.62. The molecule has 1 saturated carbocycles. The highest BCUT2D eigenvalue weighted by molar-refractivity contribution is 5.86. The van der Waals surface area contributed by atoms with Gasteiger partial charge in [-0.25, -0.2) is 8.78 Å². The van der Waals surface area contributed by atoms with Crippen LogP contribution in [-0.4, -0.2) is 40.1 Å². The van der Waals surface area contributed by atoms with Gasteiger partial charge < -0.3 is 14.5 Å². The van der Waals surface area contributed by atoms with Crippen LogP contribution in [0.5, 0.6) is 0 Å². The van der Waals surface area contributed by atoms with Gasteiger partial charge in [-0.15, -0.1) is 0 Å². The Hall–Kier alpha value is -2.28. The predicted molar refractivity (Wildman–Crippen MR) is 79.4 cm³/mol. The molecule has 5 nitrogen and oxygen atoms in total. The summed E-state index contributed by atoms with van der Waals surface area (Å²) < 4.78 is 33.1. The smallest absolute Gasteiger partial charge is 0.268 e. The molecule has 0 unspecified atom stereocenters. The molecule has 2 fully saturated rings. The lowest BCUT2D eigenvalue weighted by atomic mass is 9.95. The zero-order valence-electron chi connectivity index (χ0n) is 12.7. The fraction of sp³-hybridized carbons (Fsp3) is 0.412. The van der Waals surface area contributed by atoms with Gasteiger partial charge in [0.1, 0.15) is 12.5 Å². The molecule has 0 radical (unpaired) electrons. The van der Waals surface area contributed by atoms with Gasteiger partial charge in [-0.2, -0.15) is 0 Å². The summed E-state index contributed by atoms with van der Waals surface area (Å²) in [5, 5.41) is 12.8. The van der Waals surface area contributed by atoms with E-state index in [4.69, 9.17) is 9.63 Å². The molecule has 2 aromatic rings. The highest BCUT2D eigenvalue weighted by atomic mass is 19.3. The maximum absolute atomic E-state index is 14.1. The van der Waals surface area contributed by atoms with Crippen LogP contribution < -0.4 is 0 Å². The van der Waals surface area contributed by atoms with Gasteiger partial charge in [-0.3, -0.25) is 4.79 Å². The Morgan fingerprint density at radius 2 is 2.04 bits per heavy atom. The average molecular weight is 334 g/mol. The van der Waals surface area contributed by atoms with Crippen LogP contribution in [-0.2, 0) is 11.4 Å². The summed E-state index contributed by atoms with van der Waals surface area (Å²) in [5.41, 5.74) is 1.15. The lowest BCUT2D eigenvalue weighted by Gasteiger charge is -2.38. The Morgan fingerprint density at radius 3 is 2.67 bits per heavy atom. The van der Waals surface area contributed by atoms with Crippen molar-refractivity contribution in [2.45, 2.75) is 24.4 Å². The van der Waals surface area contributed by atoms with Crippen LogP contribution in [0.1, 0.15) is 28.9 Å². The van der Waals surface area contributed by atoms with Gasteiger partial charge in [0.2, 0.25) is 5.91 Å². The number of halogens is 2. The molecule has 1 aliphatic heterocycles. The van der Waals surface area contributed by atoms with Crippen molar-refractivity contribution in [1.82, 2.24) is 10.1 Å². The number of nitrogens with zero attached hydrogens (tertiary/aromatic N) is 2. The molecule has 2 heterocycles. The maximum Gasteiger partial charge on any atom is 0.268 e. The van der Waals surface area contributed by atoms with Crippen LogP contribution in [0, 0.1) is 5.92 Å². The van der Waals surface area contributed by atoms with E-state index in [0.717, 1.165) is 0 Å². The van der Waals surface area contributed by atoms with E-state index in [2.05, 4.69) is 5.16 Å². The molecule has 4 rings (SSSR count). The molecule has 1 N–H and O–H groups in total. The van der Waals surface area contributed by atoms with E-state index in [1.54, 1.807) is 36.4 Å². The van der Waals surface area contributed by atoms with Crippen LogP contribution in [0.25, 0.3) is 0 Å². The van der Waals surface area contributed by atoms with E-state index in [1.165, 1.54) is 4.90 Å². The summed E-state index contributed by atoms with van der Waals surface area (Å²) in [6, 6.07) is 10.1. The Labute approximate surface area is 136 Å². The van der Waals surface area contributed by atoms with E-state index in [0.29, 0.717) is 30.1 Å². The van der Waals surface area contributed by atoms with Crippen molar-refractivity contribution in [3.63, 3.8) is 0 Å². The molecule has 126 valence electrons. The average Bonchev–Trinajstić information content (AvgIpc) is 2.89. The molecule has 1 aromatic heterocycles. The number of amides is 1. The van der Waals surface area contributed by atoms with Gasteiger partial charge in [0.25, 0.3) is 5.92 Å². The zero-order valence-corrected chi connectivity index (χ0v) is 12.7. The monoisotopic (exact) mass is 334 g/mol. The first-order chi connectivity index (χ1) is 11.5. The number of aromatic nitrogens is 1. The second kappa shape index (κ2) is 5.37. The van der Waals surface area contributed by atoms with Gasteiger partial charge in [-0.05, 0) is 5.56 Å². The summed E-state index contributed by atoms with van der Waals surface area (Å²) in [6.45, 7) is 0.462. The Bertz CT molecular complexity index is 756. The number of carbonyl (C=O) groups excluding carboxylic acids is 1. The summed E-state index contributed by atoms with van der Waals surface area (Å²) in [7, 11) is 0. The van der Waals surface area contributed by atoms with Crippen LogP contribution in [0.15, 0.2) is 40.9 Å². The van der Waals surface area contributed by atoms with Crippen molar-refractivity contribution in [2.24, 2.45) is 5.92 Å². The van der Waals surface area contributed by atoms with E-state index in [-0.39, 0.29) is 12.5 Å². The first kappa shape index (κ1) is 15.3. The number of hydrogen-bond donors (Lipinski definition) is 1. The van der Waals surface area contributed by atoms with Gasteiger partial charge in [-0.1, -0.05) is 35.5 Å². The summed E-state index contributed by atoms with van der Waals surface area (Å²) >= 11 is 0. The molecular formula is C17H16F2N2O3. The van der Waals surface area contributed by atoms with Crippen molar-refractivity contribution < 1.29 is 23.2 Å². The van der Waals surface area contributed by atoms with E-state index >= 15 is 0 Å². The van der Waals surface area contributed by atoms with E-state index in [9.17, 15) is 13.6 Å². The number of likely N-dealkylation sites (tertiary alicyclic amines) is 1. The highest BCUT2D eigenvalue weighted by Gasteiger charge is 2.73. The minimum absolute atomic E-state index is 0.0273. The third-order valence-electron chi connectivity index (χ3n) is 4.82. The molecule has 1 amide bonds. The number of carbonyl (C=O) groups is 1. The number of aliphatic hydroxyl groups is 1. The molecule has 7 heteroatoms. The minimum Gasteiger partial charge on any atom is -0.388 e. The first-order valence-electron chi connectivity index (χ1n) is 7.80. The van der Waals surface area contributed by atoms with Crippen molar-refractivity contribution in [2.75, 3.05) is 13.1 Å². The normalized spacial score (nSPS) is 25.4. The van der Waals surface area contributed by atoms with Gasteiger partial charge in [0.05, 0.1) is 11.6 Å². The molecule has 1 saturated heterocycles. The van der Waals surface area contributed by atoms with Gasteiger partial charge >= 0.3 is 0 Å². The molecule has 0 bridgehead atoms. The summed E-state index contributed by atoms with van der Waals surface area (Å²) in [6.07, 6.45) is 0. The largest absolute Gasteiger partial charge is 0.388 e. The quantitative estimate of drug-likeness (QED) is 0.930. The maximum atomic E-state index is 14.1. The SMILES string of the molecule is O=C([C@@H]1[C@@H](c2ccccc2)C1(F)F)N1CC(c2cc(CO)on2)C1. The topological polar surface area (TPSA) is 66.6 Å². The zero-order chi connectivity index (χ0) is 16.9. The molecule has 2 atom stereocenters. The third-order valence-corrected chi connectivity index (χ3v) is 4.82. The fourth-order valence-corrected chi connectivity index (χ4v) is 3.35. The molecule has 0 spiro atoms. The first-order valence-corrected chi connectivity index (χ1v) is 7.80. The molecule has 1 aromatic carbocycles. The van der Waals surface area contributed by atoms with Gasteiger partial charge in [0, 0.05) is 25.1 Å². The van der Waals surface area contributed by atoms with E-state index in [1.807, 2.05) is 0 Å². The third kappa shape index (κ3) is 2.31. The Morgan fingerprint density at radius 1 is 1.33 bits per heavy atom. The lowest BCUT2D eigenvalue weighted by molar-refractivity contribution is -0.139. The molecule has 24 heavy (non-hydrogen) atoms. The van der Waals surface area contributed by atoms with Crippen LogP contribution >= 0.6 is 0 Å². The number of rotatable bonds is 4. The van der Waals surface area contributed by atoms with Crippen LogP contribution in [0.3, 0.4) is 0 Å². The summed E-state index contributed by atoms with van der Waals surface area (Å²) in [5.74, 6) is -5.46. The fourth-order valence-electron chi connectivity index (χ4n) is 3.35. The number of alkyl halides is 2. The molecule has 2 aliphatic rings. The van der Waals surface area contributed by atoms with Crippen LogP contribution in [0.4, 0.5) is 8.78 Å². The molecule has 1 aliphatic carbocycles. The van der Waals surface area contributed by atoms with Crippen molar-refractivity contribution in [1.29, 1.82) is 0 Å². The van der Waals surface area contributed by atoms with Crippen LogP contribution in [0.2, 0.25) is 0 Å². The van der Waals surface area contributed by atoms with E-state index < -0.39 is 23.7 Å². The number of hydrogen-bond acceptors (Lipinski definition) is 4. The lowest BCUT2D eigenvalue weighted by Crippen LogP contribution is -2.49. The summed E-state index contributed by atoms with van der Waals surface area (Å²) in [4.78, 5) is 13.8. The molecular weight excluding hydrogens is 318 g/mol.